The van der Waals surface area contributed by atoms with Crippen LogP contribution < -0.4 is 4.90 Å². The Morgan fingerprint density at radius 3 is 2.21 bits per heavy atom. The summed E-state index contributed by atoms with van der Waals surface area (Å²) in [5.74, 6) is 0. The van der Waals surface area contributed by atoms with Crippen molar-refractivity contribution in [1.82, 2.24) is 9.13 Å². The molecule has 3 aromatic heterocycles. The van der Waals surface area contributed by atoms with Crippen molar-refractivity contribution in [2.75, 3.05) is 4.90 Å². The Morgan fingerprint density at radius 1 is 0.586 bits per heavy atom. The number of hydrogen-bond acceptors (Lipinski definition) is 2. The number of anilines is 2. The lowest BCUT2D eigenvalue weighted by Gasteiger charge is -2.30. The fourth-order valence-corrected chi connectivity index (χ4v) is 11.2. The maximum absolute atomic E-state index is 2.61. The summed E-state index contributed by atoms with van der Waals surface area (Å²) in [7, 11) is 0. The van der Waals surface area contributed by atoms with Gasteiger partial charge in [-0.25, -0.2) is 0 Å². The van der Waals surface area contributed by atoms with Gasteiger partial charge in [-0.05, 0) is 110 Å². The molecule has 10 aromatic rings. The summed E-state index contributed by atoms with van der Waals surface area (Å²) >= 11 is 1.91. The highest BCUT2D eigenvalue weighted by atomic mass is 32.1. The van der Waals surface area contributed by atoms with Crippen molar-refractivity contribution in [2.24, 2.45) is 0 Å². The Hall–Kier alpha value is -6.88. The molecular formula is C54H39N3S. The van der Waals surface area contributed by atoms with E-state index >= 15 is 0 Å². The highest BCUT2D eigenvalue weighted by Gasteiger charge is 2.37. The summed E-state index contributed by atoms with van der Waals surface area (Å²) in [6.45, 7) is 4.33. The Bertz CT molecular complexity index is 3400. The zero-order chi connectivity index (χ0) is 38.5. The second kappa shape index (κ2) is 12.8. The lowest BCUT2D eigenvalue weighted by atomic mass is 9.89. The van der Waals surface area contributed by atoms with E-state index in [2.05, 4.69) is 210 Å². The third-order valence-electron chi connectivity index (χ3n) is 12.5. The smallest absolute Gasteiger partial charge is 0.0633 e. The number of aromatic nitrogens is 2. The minimum absolute atomic E-state index is 0.241. The van der Waals surface area contributed by atoms with E-state index in [1.165, 1.54) is 109 Å². The minimum Gasteiger partial charge on any atom is -0.332 e. The van der Waals surface area contributed by atoms with Crippen LogP contribution in [0.25, 0.3) is 81.5 Å². The van der Waals surface area contributed by atoms with Crippen LogP contribution >= 0.6 is 11.3 Å². The molecule has 3 nitrogen and oxygen atoms in total. The van der Waals surface area contributed by atoms with Gasteiger partial charge in [0.2, 0.25) is 0 Å². The van der Waals surface area contributed by atoms with Gasteiger partial charge < -0.3 is 14.0 Å². The number of thiophene rings is 1. The highest BCUT2D eigenvalue weighted by molar-refractivity contribution is 7.26. The van der Waals surface area contributed by atoms with E-state index in [4.69, 9.17) is 0 Å². The fourth-order valence-electron chi connectivity index (χ4n) is 9.99. The molecule has 0 fully saturated rings. The largest absolute Gasteiger partial charge is 0.332 e. The third kappa shape index (κ3) is 4.79. The first-order chi connectivity index (χ1) is 28.7. The summed E-state index contributed by atoms with van der Waals surface area (Å²) in [4.78, 5) is 2.61. The van der Waals surface area contributed by atoms with E-state index in [1.54, 1.807) is 0 Å². The summed E-state index contributed by atoms with van der Waals surface area (Å²) in [6, 6.07) is 58.5. The Morgan fingerprint density at radius 2 is 1.31 bits per heavy atom. The van der Waals surface area contributed by atoms with Crippen molar-refractivity contribution in [3.63, 3.8) is 0 Å². The maximum Gasteiger partial charge on any atom is 0.0633 e. The van der Waals surface area contributed by atoms with Crippen molar-refractivity contribution in [3.8, 4) is 11.4 Å². The molecule has 0 saturated carbocycles. The molecule has 1 atom stereocenters. The van der Waals surface area contributed by atoms with E-state index in [-0.39, 0.29) is 6.04 Å². The third-order valence-corrected chi connectivity index (χ3v) is 13.7. The number of rotatable bonds is 5. The zero-order valence-electron chi connectivity index (χ0n) is 32.4. The molecule has 276 valence electrons. The summed E-state index contributed by atoms with van der Waals surface area (Å²) in [5.41, 5.74) is 16.4. The molecule has 2 aliphatic rings. The van der Waals surface area contributed by atoms with Gasteiger partial charge in [0.05, 0.1) is 33.0 Å². The lowest BCUT2D eigenvalue weighted by molar-refractivity contribution is 0.834. The van der Waals surface area contributed by atoms with Crippen LogP contribution in [0, 0.1) is 6.92 Å². The van der Waals surface area contributed by atoms with Crippen molar-refractivity contribution >= 4 is 92.8 Å². The van der Waals surface area contributed by atoms with Crippen molar-refractivity contribution in [1.29, 1.82) is 0 Å². The maximum atomic E-state index is 2.61. The average Bonchev–Trinajstić information content (AvgIpc) is 4.00. The van der Waals surface area contributed by atoms with Gasteiger partial charge in [-0.15, -0.1) is 11.3 Å². The van der Waals surface area contributed by atoms with Gasteiger partial charge in [0.15, 0.2) is 0 Å². The van der Waals surface area contributed by atoms with Crippen LogP contribution in [0.5, 0.6) is 0 Å². The summed E-state index contributed by atoms with van der Waals surface area (Å²) in [5, 5.41) is 6.47. The molecule has 0 bridgehead atoms. The second-order valence-corrected chi connectivity index (χ2v) is 16.7. The number of para-hydroxylation sites is 3. The molecule has 12 rings (SSSR count). The van der Waals surface area contributed by atoms with Crippen LogP contribution in [0.3, 0.4) is 0 Å². The van der Waals surface area contributed by atoms with E-state index in [0.29, 0.717) is 0 Å². The first-order valence-electron chi connectivity index (χ1n) is 20.2. The van der Waals surface area contributed by atoms with Crippen molar-refractivity contribution in [3.05, 3.63) is 198 Å². The Kier molecular flexibility index (Phi) is 7.36. The standard InChI is InChI=1S/C54H39N3S/c1-3-14-39-34(2)55(37-15-5-4-6-16-37)49-30-27-38(33-46(39)49)56-47-21-10-7-17-40(47)44-31-35(25-28-50(44)56)36-26-29-51-45(32-36)41-18-8-11-22-48(41)57(51)52-23-13-20-43-42-19-9-12-24-53(42)58-54(43)52/h3-28,30-33,51H,29H2,1-2H3/b14-3-. The average molecular weight is 762 g/mol. The quantitative estimate of drug-likeness (QED) is 0.170. The Balaban J connectivity index is 0.972. The summed E-state index contributed by atoms with van der Waals surface area (Å²) < 4.78 is 7.53. The summed E-state index contributed by atoms with van der Waals surface area (Å²) in [6.07, 6.45) is 10.3. The molecule has 1 aliphatic carbocycles. The van der Waals surface area contributed by atoms with E-state index in [0.717, 1.165) is 6.42 Å². The van der Waals surface area contributed by atoms with Crippen LogP contribution in [0.4, 0.5) is 11.4 Å². The fraction of sp³-hybridized carbons (Fsp3) is 0.0741. The molecular weight excluding hydrogens is 723 g/mol. The van der Waals surface area contributed by atoms with Crippen molar-refractivity contribution < 1.29 is 0 Å². The number of benzene rings is 7. The lowest BCUT2D eigenvalue weighted by Crippen LogP contribution is -2.27. The molecule has 1 aliphatic heterocycles. The first kappa shape index (κ1) is 33.3. The molecule has 0 saturated heterocycles. The molecule has 0 spiro atoms. The van der Waals surface area contributed by atoms with Crippen LogP contribution in [-0.4, -0.2) is 15.2 Å². The minimum atomic E-state index is 0.241. The van der Waals surface area contributed by atoms with Gasteiger partial charge >= 0.3 is 0 Å². The van der Waals surface area contributed by atoms with Gasteiger partial charge in [0.25, 0.3) is 0 Å². The van der Waals surface area contributed by atoms with Crippen LogP contribution in [0.1, 0.15) is 35.7 Å². The molecule has 0 radical (unpaired) electrons. The van der Waals surface area contributed by atoms with Gasteiger partial charge in [-0.2, -0.15) is 0 Å². The van der Waals surface area contributed by atoms with Gasteiger partial charge in [0, 0.05) is 65.5 Å². The zero-order valence-corrected chi connectivity index (χ0v) is 33.2. The molecule has 4 heterocycles. The number of hydrogen-bond donors (Lipinski definition) is 0. The van der Waals surface area contributed by atoms with Crippen LogP contribution in [-0.2, 0) is 0 Å². The van der Waals surface area contributed by atoms with E-state index in [1.807, 2.05) is 11.3 Å². The van der Waals surface area contributed by atoms with E-state index in [9.17, 15) is 0 Å². The molecule has 58 heavy (non-hydrogen) atoms. The van der Waals surface area contributed by atoms with Crippen LogP contribution in [0.2, 0.25) is 0 Å². The van der Waals surface area contributed by atoms with Crippen molar-refractivity contribution in [2.45, 2.75) is 26.3 Å². The van der Waals surface area contributed by atoms with Gasteiger partial charge in [-0.3, -0.25) is 0 Å². The molecule has 7 aromatic carbocycles. The predicted molar refractivity (Wildman–Crippen MR) is 249 cm³/mol. The monoisotopic (exact) mass is 761 g/mol. The number of nitrogens with zero attached hydrogens (tertiary/aromatic N) is 3. The van der Waals surface area contributed by atoms with E-state index < -0.39 is 0 Å². The first-order valence-corrected chi connectivity index (χ1v) is 21.1. The SMILES string of the molecule is C/C=C\c1c(C)n(-c2ccccc2)c2ccc(-n3c4ccccc4c4cc(C5=CCC6C(=C5)c5ccccc5N6c5cccc6c5sc5ccccc56)ccc43)cc12. The molecule has 1 unspecified atom stereocenters. The Labute approximate surface area is 341 Å². The molecule has 0 N–H and O–H groups in total. The second-order valence-electron chi connectivity index (χ2n) is 15.6. The predicted octanol–water partition coefficient (Wildman–Crippen LogP) is 14.8. The number of allylic oxidation sites excluding steroid dienone is 3. The van der Waals surface area contributed by atoms with Gasteiger partial charge in [-0.1, -0.05) is 109 Å². The van der Waals surface area contributed by atoms with Crippen LogP contribution in [0.15, 0.2) is 176 Å². The molecule has 0 amide bonds. The highest BCUT2D eigenvalue weighted by Crippen LogP contribution is 2.52. The topological polar surface area (TPSA) is 13.1 Å². The van der Waals surface area contributed by atoms with Gasteiger partial charge in [0.1, 0.15) is 0 Å². The normalized spacial score (nSPS) is 15.3. The number of fused-ring (bicyclic) bond motifs is 10. The molecule has 4 heteroatoms.